The summed E-state index contributed by atoms with van der Waals surface area (Å²) < 4.78 is 10.8. The Morgan fingerprint density at radius 2 is 0.877 bits per heavy atom. The Morgan fingerprint density at radius 1 is 0.507 bits per heavy atom. The first-order chi connectivity index (χ1) is 35.3. The monoisotopic (exact) mass is 1040 g/mol. The summed E-state index contributed by atoms with van der Waals surface area (Å²) in [7, 11) is 1.64. The SMILES string of the molecule is CN1C=C(C(=O)OCc2ccccc2)C(c2ccc(Cl)cc2)CC1=O.O=C1CC(c2ccc(Cl)cc2)C(C(=O)NCc2ccccc2)=CN1.O=C1CC(c2ccc(Cl)cc2)C(C(=O)OCc2ccccc2)=CN1. The number of carbonyl (C=O) groups is 6. The van der Waals surface area contributed by atoms with Gasteiger partial charge in [-0.15, -0.1) is 0 Å². The predicted molar refractivity (Wildman–Crippen MR) is 280 cm³/mol. The third-order valence-electron chi connectivity index (χ3n) is 12.1. The summed E-state index contributed by atoms with van der Waals surface area (Å²) in [6.07, 6.45) is 5.19. The summed E-state index contributed by atoms with van der Waals surface area (Å²) in [6.45, 7) is 0.832. The normalized spacial score (nSPS) is 17.0. The number of nitrogens with one attached hydrogen (secondary N) is 3. The molecule has 3 atom stereocenters. The Labute approximate surface area is 438 Å². The number of ether oxygens (including phenoxy) is 2. The first-order valence-electron chi connectivity index (χ1n) is 23.3. The van der Waals surface area contributed by atoms with Gasteiger partial charge in [0.1, 0.15) is 13.2 Å². The molecule has 15 heteroatoms. The Balaban J connectivity index is 0.000000160. The first-order valence-corrected chi connectivity index (χ1v) is 24.4. The molecule has 6 aromatic carbocycles. The first kappa shape index (κ1) is 53.0. The Kier molecular flexibility index (Phi) is 18.9. The number of carbonyl (C=O) groups excluding carboxylic acids is 6. The Bertz CT molecular complexity index is 2850. The number of halogens is 3. The minimum Gasteiger partial charge on any atom is -0.457 e. The van der Waals surface area contributed by atoms with E-state index in [4.69, 9.17) is 44.3 Å². The fraction of sp³-hybridized carbons (Fsp3) is 0.172. The van der Waals surface area contributed by atoms with Gasteiger partial charge in [0.05, 0.1) is 11.1 Å². The van der Waals surface area contributed by atoms with Gasteiger partial charge in [0, 0.05) is 89.8 Å². The minimum atomic E-state index is -0.432. The quantitative estimate of drug-likeness (QED) is 0.102. The highest BCUT2D eigenvalue weighted by molar-refractivity contribution is 6.31. The fourth-order valence-corrected chi connectivity index (χ4v) is 8.49. The number of hydrogen-bond acceptors (Lipinski definition) is 8. The molecule has 0 aliphatic carbocycles. The molecule has 0 radical (unpaired) electrons. The minimum absolute atomic E-state index is 0.0421. The lowest BCUT2D eigenvalue weighted by Crippen LogP contribution is -2.34. The zero-order chi connectivity index (χ0) is 51.7. The van der Waals surface area contributed by atoms with Gasteiger partial charge in [-0.2, -0.15) is 0 Å². The lowest BCUT2D eigenvalue weighted by Gasteiger charge is -2.28. The lowest BCUT2D eigenvalue weighted by atomic mass is 9.86. The molecule has 73 heavy (non-hydrogen) atoms. The maximum absolute atomic E-state index is 12.6. The molecular formula is C58H51Cl3N4O8. The third kappa shape index (κ3) is 15.4. The number of rotatable bonds is 12. The van der Waals surface area contributed by atoms with E-state index in [1.807, 2.05) is 127 Å². The van der Waals surface area contributed by atoms with Crippen LogP contribution < -0.4 is 16.0 Å². The zero-order valence-corrected chi connectivity index (χ0v) is 41.9. The average Bonchev–Trinajstić information content (AvgIpc) is 3.41. The van der Waals surface area contributed by atoms with Crippen molar-refractivity contribution in [2.75, 3.05) is 7.05 Å². The van der Waals surface area contributed by atoms with Gasteiger partial charge in [0.15, 0.2) is 0 Å². The molecule has 9 rings (SSSR count). The van der Waals surface area contributed by atoms with Gasteiger partial charge < -0.3 is 30.3 Å². The van der Waals surface area contributed by atoms with Crippen LogP contribution in [-0.2, 0) is 58.0 Å². The molecule has 4 amide bonds. The molecule has 0 fully saturated rings. The van der Waals surface area contributed by atoms with Crippen molar-refractivity contribution < 1.29 is 38.2 Å². The summed E-state index contributed by atoms with van der Waals surface area (Å²) >= 11 is 17.8. The number of nitrogens with zero attached hydrogens (tertiary/aromatic N) is 1. The summed E-state index contributed by atoms with van der Waals surface area (Å²) in [4.78, 5) is 74.7. The Hall–Kier alpha value is -7.77. The van der Waals surface area contributed by atoms with E-state index in [9.17, 15) is 28.8 Å². The number of hydrogen-bond donors (Lipinski definition) is 3. The predicted octanol–water partition coefficient (Wildman–Crippen LogP) is 10.6. The van der Waals surface area contributed by atoms with Crippen LogP contribution in [0.4, 0.5) is 0 Å². The molecule has 0 spiro atoms. The number of amides is 4. The van der Waals surface area contributed by atoms with Gasteiger partial charge in [-0.25, -0.2) is 9.59 Å². The average molecular weight is 1040 g/mol. The van der Waals surface area contributed by atoms with Gasteiger partial charge in [0.25, 0.3) is 0 Å². The van der Waals surface area contributed by atoms with Crippen LogP contribution in [0.2, 0.25) is 15.1 Å². The highest BCUT2D eigenvalue weighted by atomic mass is 35.5. The molecule has 0 saturated heterocycles. The molecule has 3 aliphatic rings. The van der Waals surface area contributed by atoms with Crippen LogP contribution in [0.1, 0.15) is 70.4 Å². The van der Waals surface area contributed by atoms with Crippen molar-refractivity contribution in [3.8, 4) is 0 Å². The van der Waals surface area contributed by atoms with Crippen molar-refractivity contribution in [1.29, 1.82) is 0 Å². The van der Waals surface area contributed by atoms with Crippen LogP contribution in [0.15, 0.2) is 199 Å². The molecule has 0 saturated carbocycles. The largest absolute Gasteiger partial charge is 0.457 e. The van der Waals surface area contributed by atoms with Crippen LogP contribution in [-0.4, -0.2) is 47.5 Å². The van der Waals surface area contributed by atoms with Crippen LogP contribution in [0, 0.1) is 0 Å². The van der Waals surface area contributed by atoms with Crippen molar-refractivity contribution >= 4 is 70.4 Å². The van der Waals surface area contributed by atoms with E-state index in [0.717, 1.165) is 33.4 Å². The van der Waals surface area contributed by atoms with Crippen LogP contribution in [0.3, 0.4) is 0 Å². The van der Waals surface area contributed by atoms with Crippen molar-refractivity contribution in [3.63, 3.8) is 0 Å². The van der Waals surface area contributed by atoms with Gasteiger partial charge in [-0.1, -0.05) is 162 Å². The van der Waals surface area contributed by atoms with Gasteiger partial charge in [-0.05, 0) is 69.8 Å². The molecule has 372 valence electrons. The molecule has 6 aromatic rings. The summed E-state index contributed by atoms with van der Waals surface area (Å²) in [6, 6.07) is 50.2. The van der Waals surface area contributed by atoms with Crippen molar-refractivity contribution in [2.24, 2.45) is 0 Å². The van der Waals surface area contributed by atoms with E-state index in [2.05, 4.69) is 16.0 Å². The molecule has 3 unspecified atom stereocenters. The molecule has 3 N–H and O–H groups in total. The summed E-state index contributed by atoms with van der Waals surface area (Å²) in [5, 5.41) is 9.98. The smallest absolute Gasteiger partial charge is 0.336 e. The Morgan fingerprint density at radius 3 is 1.32 bits per heavy atom. The van der Waals surface area contributed by atoms with E-state index < -0.39 is 11.9 Å². The van der Waals surface area contributed by atoms with Crippen molar-refractivity contribution in [1.82, 2.24) is 20.9 Å². The molecule has 0 bridgehead atoms. The molecule has 3 aliphatic heterocycles. The number of esters is 2. The van der Waals surface area contributed by atoms with E-state index in [1.165, 1.54) is 17.3 Å². The lowest BCUT2D eigenvalue weighted by molar-refractivity contribution is -0.142. The van der Waals surface area contributed by atoms with Crippen LogP contribution >= 0.6 is 34.8 Å². The van der Waals surface area contributed by atoms with E-state index in [1.54, 1.807) is 49.6 Å². The summed E-state index contributed by atoms with van der Waals surface area (Å²) in [5.74, 6) is -2.24. The van der Waals surface area contributed by atoms with Gasteiger partial charge in [-0.3, -0.25) is 19.2 Å². The van der Waals surface area contributed by atoms with Crippen LogP contribution in [0.25, 0.3) is 0 Å². The topological polar surface area (TPSA) is 160 Å². The maximum atomic E-state index is 12.6. The highest BCUT2D eigenvalue weighted by Crippen LogP contribution is 2.35. The molecular weight excluding hydrogens is 987 g/mol. The van der Waals surface area contributed by atoms with Crippen molar-refractivity contribution in [3.05, 3.63) is 248 Å². The van der Waals surface area contributed by atoms with Crippen molar-refractivity contribution in [2.45, 2.75) is 56.8 Å². The highest BCUT2D eigenvalue weighted by Gasteiger charge is 2.33. The maximum Gasteiger partial charge on any atom is 0.336 e. The number of benzene rings is 6. The van der Waals surface area contributed by atoms with Gasteiger partial charge >= 0.3 is 11.9 Å². The standard InChI is InChI=1S/C20H18ClNO3.C19H17ClN2O2.C19H16ClNO3/c1-22-12-18(20(24)25-13-14-5-3-2-4-6-14)17(11-19(22)23)15-7-9-16(21)10-8-15;20-15-8-6-14(7-9-15)16-10-18(23)21-12-17(16)19(24)22-11-13-4-2-1-3-5-13;20-15-8-6-14(7-9-15)16-10-18(22)21-11-17(16)19(23)24-12-13-4-2-1-3-5-13/h2-10,12,17H,11,13H2,1H3;1-9,12,16H,10-11H2,(H,21,23)(H,22,24);1-9,11,16H,10,12H2,(H,21,22). The fourth-order valence-electron chi connectivity index (χ4n) is 8.12. The van der Waals surface area contributed by atoms with Gasteiger partial charge in [0.2, 0.25) is 23.6 Å². The van der Waals surface area contributed by atoms with E-state index in [0.29, 0.717) is 38.3 Å². The molecule has 12 nitrogen and oxygen atoms in total. The third-order valence-corrected chi connectivity index (χ3v) is 12.8. The second-order valence-electron chi connectivity index (χ2n) is 17.1. The van der Waals surface area contributed by atoms with E-state index >= 15 is 0 Å². The van der Waals surface area contributed by atoms with E-state index in [-0.39, 0.29) is 73.9 Å². The molecule has 3 heterocycles. The van der Waals surface area contributed by atoms with Crippen LogP contribution in [0.5, 0.6) is 0 Å². The molecule has 0 aromatic heterocycles. The zero-order valence-electron chi connectivity index (χ0n) is 39.6. The summed E-state index contributed by atoms with van der Waals surface area (Å²) in [5.41, 5.74) is 6.94. The second-order valence-corrected chi connectivity index (χ2v) is 18.4. The second kappa shape index (κ2) is 26.1.